The lowest BCUT2D eigenvalue weighted by atomic mass is 9.89. The van der Waals surface area contributed by atoms with Crippen LogP contribution < -0.4 is 10.6 Å². The molecular weight excluding hydrogens is 216 g/mol. The number of carbonyl (C=O) groups excluding carboxylic acids is 1. The molecule has 100 valence electrons. The summed E-state index contributed by atoms with van der Waals surface area (Å²) in [4.78, 5) is 11.5. The summed E-state index contributed by atoms with van der Waals surface area (Å²) in [5, 5.41) is 15.5. The number of rotatable bonds is 7. The van der Waals surface area contributed by atoms with Crippen LogP contribution in [0.15, 0.2) is 12.7 Å². The Bertz CT molecular complexity index is 246. The van der Waals surface area contributed by atoms with Crippen molar-refractivity contribution in [1.82, 2.24) is 10.6 Å². The normalized spacial score (nSPS) is 15.1. The van der Waals surface area contributed by atoms with Crippen LogP contribution in [0.25, 0.3) is 0 Å². The lowest BCUT2D eigenvalue weighted by molar-refractivity contribution is -0.122. The van der Waals surface area contributed by atoms with Crippen LogP contribution in [0.5, 0.6) is 0 Å². The molecule has 0 radical (unpaired) electrons. The van der Waals surface area contributed by atoms with Gasteiger partial charge >= 0.3 is 0 Å². The maximum absolute atomic E-state index is 11.5. The summed E-state index contributed by atoms with van der Waals surface area (Å²) in [5.41, 5.74) is 0.0927. The number of nitrogens with one attached hydrogen (secondary N) is 2. The second-order valence-corrected chi connectivity index (χ2v) is 5.58. The van der Waals surface area contributed by atoms with Gasteiger partial charge < -0.3 is 15.7 Å². The zero-order valence-electron chi connectivity index (χ0n) is 11.4. The number of carbonyl (C=O) groups is 1. The summed E-state index contributed by atoms with van der Waals surface area (Å²) in [6.45, 7) is 12.4. The molecule has 2 atom stereocenters. The summed E-state index contributed by atoms with van der Waals surface area (Å²) in [7, 11) is 0. The fourth-order valence-electron chi connectivity index (χ4n) is 1.51. The van der Waals surface area contributed by atoms with Crippen molar-refractivity contribution in [2.24, 2.45) is 5.41 Å². The first-order chi connectivity index (χ1) is 7.76. The van der Waals surface area contributed by atoms with Crippen molar-refractivity contribution in [3.05, 3.63) is 12.7 Å². The number of aliphatic hydroxyl groups is 1. The van der Waals surface area contributed by atoms with E-state index in [0.717, 1.165) is 0 Å². The monoisotopic (exact) mass is 242 g/mol. The van der Waals surface area contributed by atoms with Crippen molar-refractivity contribution < 1.29 is 9.90 Å². The van der Waals surface area contributed by atoms with Crippen LogP contribution in [0.3, 0.4) is 0 Å². The highest BCUT2D eigenvalue weighted by Crippen LogP contribution is 2.20. The molecule has 0 aliphatic rings. The molecule has 0 aromatic rings. The minimum absolute atomic E-state index is 0.0761. The fraction of sp³-hybridized carbons (Fsp3) is 0.769. The molecule has 0 bridgehead atoms. The first-order valence-electron chi connectivity index (χ1n) is 6.06. The Morgan fingerprint density at radius 2 is 2.06 bits per heavy atom. The second kappa shape index (κ2) is 7.45. The van der Waals surface area contributed by atoms with Crippen LogP contribution in [-0.4, -0.2) is 36.2 Å². The molecule has 0 spiro atoms. The molecule has 4 nitrogen and oxygen atoms in total. The highest BCUT2D eigenvalue weighted by Gasteiger charge is 2.18. The first kappa shape index (κ1) is 16.1. The molecule has 0 fully saturated rings. The van der Waals surface area contributed by atoms with Gasteiger partial charge in [0.1, 0.15) is 0 Å². The molecule has 0 aromatic carbocycles. The smallest absolute Gasteiger partial charge is 0.237 e. The minimum Gasteiger partial charge on any atom is -0.392 e. The average molecular weight is 242 g/mol. The first-order valence-corrected chi connectivity index (χ1v) is 6.06. The molecule has 1 amide bonds. The molecule has 0 aromatic heterocycles. The third-order valence-electron chi connectivity index (χ3n) is 2.32. The molecule has 0 saturated heterocycles. The Balaban J connectivity index is 3.86. The van der Waals surface area contributed by atoms with Crippen LogP contribution in [-0.2, 0) is 4.79 Å². The Labute approximate surface area is 104 Å². The predicted octanol–water partition coefficient (Wildman–Crippen LogP) is 1.06. The number of aliphatic hydroxyl groups excluding tert-OH is 1. The molecule has 4 heteroatoms. The number of hydrogen-bond donors (Lipinski definition) is 3. The third kappa shape index (κ3) is 8.89. The lowest BCUT2D eigenvalue weighted by Crippen LogP contribution is -2.45. The van der Waals surface area contributed by atoms with Gasteiger partial charge in [0.05, 0.1) is 12.1 Å². The van der Waals surface area contributed by atoms with E-state index in [4.69, 9.17) is 0 Å². The van der Waals surface area contributed by atoms with E-state index >= 15 is 0 Å². The van der Waals surface area contributed by atoms with E-state index in [-0.39, 0.29) is 17.4 Å². The quantitative estimate of drug-likeness (QED) is 0.585. The van der Waals surface area contributed by atoms with Crippen molar-refractivity contribution in [1.29, 1.82) is 0 Å². The van der Waals surface area contributed by atoms with Gasteiger partial charge in [-0.2, -0.15) is 0 Å². The standard InChI is InChI=1S/C13H26N2O2/c1-6-7-14-12(17)10(2)15-9-11(16)8-13(3,4)5/h6,10-11,15-16H,1,7-9H2,2-5H3,(H,14,17). The van der Waals surface area contributed by atoms with Crippen LogP contribution in [0, 0.1) is 5.41 Å². The van der Waals surface area contributed by atoms with Crippen LogP contribution in [0.1, 0.15) is 34.1 Å². The number of hydrogen-bond acceptors (Lipinski definition) is 3. The zero-order valence-corrected chi connectivity index (χ0v) is 11.4. The van der Waals surface area contributed by atoms with Gasteiger partial charge in [0.25, 0.3) is 0 Å². The lowest BCUT2D eigenvalue weighted by Gasteiger charge is -2.23. The molecule has 0 aliphatic heterocycles. The Hall–Kier alpha value is -0.870. The van der Waals surface area contributed by atoms with Gasteiger partial charge in [-0.1, -0.05) is 26.8 Å². The van der Waals surface area contributed by atoms with Crippen molar-refractivity contribution in [2.45, 2.75) is 46.3 Å². The molecule has 0 heterocycles. The van der Waals surface area contributed by atoms with E-state index in [1.807, 2.05) is 0 Å². The van der Waals surface area contributed by atoms with Crippen molar-refractivity contribution in [2.75, 3.05) is 13.1 Å². The van der Waals surface area contributed by atoms with E-state index in [2.05, 4.69) is 38.0 Å². The van der Waals surface area contributed by atoms with E-state index in [1.54, 1.807) is 13.0 Å². The SMILES string of the molecule is C=CCNC(=O)C(C)NCC(O)CC(C)(C)C. The molecule has 0 rings (SSSR count). The van der Waals surface area contributed by atoms with E-state index in [9.17, 15) is 9.90 Å². The minimum atomic E-state index is -0.426. The summed E-state index contributed by atoms with van der Waals surface area (Å²) in [6, 6.07) is -0.301. The zero-order chi connectivity index (χ0) is 13.5. The van der Waals surface area contributed by atoms with Crippen LogP contribution in [0.4, 0.5) is 0 Å². The molecule has 0 aliphatic carbocycles. The van der Waals surface area contributed by atoms with Gasteiger partial charge in [-0.3, -0.25) is 4.79 Å². The summed E-state index contributed by atoms with van der Waals surface area (Å²) in [5.74, 6) is -0.0761. The van der Waals surface area contributed by atoms with Crippen molar-refractivity contribution in [3.63, 3.8) is 0 Å². The molecule has 17 heavy (non-hydrogen) atoms. The maximum atomic E-state index is 11.5. The van der Waals surface area contributed by atoms with Gasteiger partial charge in [-0.05, 0) is 18.8 Å². The largest absolute Gasteiger partial charge is 0.392 e. The van der Waals surface area contributed by atoms with Gasteiger partial charge in [0, 0.05) is 13.1 Å². The predicted molar refractivity (Wildman–Crippen MR) is 70.8 cm³/mol. The van der Waals surface area contributed by atoms with Gasteiger partial charge in [0.15, 0.2) is 0 Å². The third-order valence-corrected chi connectivity index (χ3v) is 2.32. The van der Waals surface area contributed by atoms with Gasteiger partial charge in [-0.15, -0.1) is 6.58 Å². The van der Waals surface area contributed by atoms with E-state index in [1.165, 1.54) is 0 Å². The van der Waals surface area contributed by atoms with E-state index in [0.29, 0.717) is 19.5 Å². The van der Waals surface area contributed by atoms with Gasteiger partial charge in [-0.25, -0.2) is 0 Å². The Morgan fingerprint density at radius 1 is 1.47 bits per heavy atom. The second-order valence-electron chi connectivity index (χ2n) is 5.58. The molecular formula is C13H26N2O2. The Kier molecular flexibility index (Phi) is 7.07. The molecule has 0 saturated carbocycles. The van der Waals surface area contributed by atoms with Crippen molar-refractivity contribution in [3.8, 4) is 0 Å². The molecule has 3 N–H and O–H groups in total. The van der Waals surface area contributed by atoms with E-state index < -0.39 is 6.10 Å². The molecule has 2 unspecified atom stereocenters. The maximum Gasteiger partial charge on any atom is 0.237 e. The fourth-order valence-corrected chi connectivity index (χ4v) is 1.51. The number of amides is 1. The highest BCUT2D eigenvalue weighted by atomic mass is 16.3. The topological polar surface area (TPSA) is 61.4 Å². The van der Waals surface area contributed by atoms with Crippen molar-refractivity contribution >= 4 is 5.91 Å². The summed E-state index contributed by atoms with van der Waals surface area (Å²) in [6.07, 6.45) is 1.92. The summed E-state index contributed by atoms with van der Waals surface area (Å²) < 4.78 is 0. The van der Waals surface area contributed by atoms with Crippen LogP contribution in [0.2, 0.25) is 0 Å². The van der Waals surface area contributed by atoms with Crippen LogP contribution >= 0.6 is 0 Å². The van der Waals surface area contributed by atoms with Gasteiger partial charge in [0.2, 0.25) is 5.91 Å². The average Bonchev–Trinajstić information content (AvgIpc) is 2.20. The summed E-state index contributed by atoms with van der Waals surface area (Å²) >= 11 is 0. The Morgan fingerprint density at radius 3 is 2.53 bits per heavy atom. The highest BCUT2D eigenvalue weighted by molar-refractivity contribution is 5.81.